The summed E-state index contributed by atoms with van der Waals surface area (Å²) in [7, 11) is 0. The minimum atomic E-state index is -0.557. The van der Waals surface area contributed by atoms with Crippen LogP contribution in [0.25, 0.3) is 0 Å². The summed E-state index contributed by atoms with van der Waals surface area (Å²) in [5.41, 5.74) is 3.37. The molecule has 7 heteroatoms. The Morgan fingerprint density at radius 3 is 2.39 bits per heavy atom. The van der Waals surface area contributed by atoms with E-state index in [2.05, 4.69) is 5.32 Å². The highest BCUT2D eigenvalue weighted by Gasteiger charge is 2.24. The largest absolute Gasteiger partial charge is 0.462 e. The number of anilines is 1. The van der Waals surface area contributed by atoms with E-state index in [0.717, 1.165) is 21.6 Å². The number of amides is 1. The first-order valence-electron chi connectivity index (χ1n) is 9.12. The highest BCUT2D eigenvalue weighted by atomic mass is 32.1. The van der Waals surface area contributed by atoms with Crippen molar-refractivity contribution in [3.63, 3.8) is 0 Å². The van der Waals surface area contributed by atoms with Gasteiger partial charge in [0.25, 0.3) is 5.91 Å². The van der Waals surface area contributed by atoms with E-state index in [9.17, 15) is 14.4 Å². The van der Waals surface area contributed by atoms with E-state index in [-0.39, 0.29) is 6.61 Å². The van der Waals surface area contributed by atoms with Crippen molar-refractivity contribution in [2.45, 2.75) is 41.0 Å². The highest BCUT2D eigenvalue weighted by molar-refractivity contribution is 7.16. The first-order valence-corrected chi connectivity index (χ1v) is 9.93. The van der Waals surface area contributed by atoms with E-state index < -0.39 is 24.5 Å². The molecule has 2 aromatic rings. The highest BCUT2D eigenvalue weighted by Crippen LogP contribution is 2.34. The first-order chi connectivity index (χ1) is 13.3. The Balaban J connectivity index is 2.10. The van der Waals surface area contributed by atoms with Crippen molar-refractivity contribution in [2.24, 2.45) is 0 Å². The van der Waals surface area contributed by atoms with Crippen molar-refractivity contribution in [2.75, 3.05) is 18.5 Å². The summed E-state index contributed by atoms with van der Waals surface area (Å²) in [6.07, 6.45) is 0.647. The van der Waals surface area contributed by atoms with Gasteiger partial charge < -0.3 is 14.8 Å². The van der Waals surface area contributed by atoms with Crippen LogP contribution in [0.2, 0.25) is 0 Å². The molecule has 6 nitrogen and oxygen atoms in total. The van der Waals surface area contributed by atoms with Gasteiger partial charge in [-0.3, -0.25) is 4.79 Å². The minimum absolute atomic E-state index is 0.248. The van der Waals surface area contributed by atoms with E-state index in [4.69, 9.17) is 9.47 Å². The molecule has 0 unspecified atom stereocenters. The number of ether oxygens (including phenoxy) is 2. The van der Waals surface area contributed by atoms with Gasteiger partial charge in [-0.1, -0.05) is 24.6 Å². The molecule has 2 rings (SSSR count). The fourth-order valence-corrected chi connectivity index (χ4v) is 3.99. The van der Waals surface area contributed by atoms with Gasteiger partial charge in [-0.2, -0.15) is 0 Å². The van der Waals surface area contributed by atoms with Crippen LogP contribution in [0.3, 0.4) is 0 Å². The second-order valence-electron chi connectivity index (χ2n) is 6.36. The van der Waals surface area contributed by atoms with E-state index >= 15 is 0 Å². The summed E-state index contributed by atoms with van der Waals surface area (Å²) in [6, 6.07) is 5.46. The summed E-state index contributed by atoms with van der Waals surface area (Å²) < 4.78 is 10.3. The molecule has 0 aliphatic carbocycles. The lowest BCUT2D eigenvalue weighted by atomic mass is 10.1. The molecular weight excluding hydrogens is 378 g/mol. The number of benzene rings is 1. The lowest BCUT2D eigenvalue weighted by Gasteiger charge is -2.09. The molecule has 1 amide bonds. The van der Waals surface area contributed by atoms with Gasteiger partial charge in [0, 0.05) is 4.88 Å². The topological polar surface area (TPSA) is 81.7 Å². The molecule has 0 aliphatic rings. The quantitative estimate of drug-likeness (QED) is 0.701. The smallest absolute Gasteiger partial charge is 0.341 e. The van der Waals surface area contributed by atoms with Crippen molar-refractivity contribution in [3.05, 3.63) is 50.9 Å². The summed E-state index contributed by atoms with van der Waals surface area (Å²) in [5.74, 6) is -1.53. The van der Waals surface area contributed by atoms with Crippen LogP contribution in [-0.2, 0) is 20.7 Å². The Labute approximate surface area is 168 Å². The zero-order valence-electron chi connectivity index (χ0n) is 16.8. The molecule has 0 fully saturated rings. The number of esters is 2. The van der Waals surface area contributed by atoms with Gasteiger partial charge in [-0.15, -0.1) is 11.3 Å². The van der Waals surface area contributed by atoms with Crippen LogP contribution < -0.4 is 5.32 Å². The number of carbonyl (C=O) groups excluding carboxylic acids is 3. The molecule has 1 heterocycles. The van der Waals surface area contributed by atoms with Gasteiger partial charge in [-0.05, 0) is 51.3 Å². The minimum Gasteiger partial charge on any atom is -0.462 e. The Bertz CT molecular complexity index is 900. The number of nitrogens with one attached hydrogen (secondary N) is 1. The third kappa shape index (κ3) is 4.98. The molecule has 28 heavy (non-hydrogen) atoms. The third-order valence-corrected chi connectivity index (χ3v) is 5.31. The molecule has 0 saturated carbocycles. The van der Waals surface area contributed by atoms with E-state index in [1.807, 2.05) is 39.8 Å². The molecular formula is C21H25NO5S. The molecule has 0 atom stereocenters. The second-order valence-corrected chi connectivity index (χ2v) is 7.58. The molecule has 0 saturated heterocycles. The fraction of sp³-hybridized carbons (Fsp3) is 0.381. The van der Waals surface area contributed by atoms with Gasteiger partial charge >= 0.3 is 11.9 Å². The van der Waals surface area contributed by atoms with E-state index in [1.54, 1.807) is 13.0 Å². The molecule has 0 aliphatic heterocycles. The van der Waals surface area contributed by atoms with Crippen LogP contribution in [0.15, 0.2) is 18.2 Å². The Morgan fingerprint density at radius 2 is 1.75 bits per heavy atom. The van der Waals surface area contributed by atoms with Crippen LogP contribution >= 0.6 is 11.3 Å². The number of aryl methyl sites for hydroxylation is 3. The van der Waals surface area contributed by atoms with Gasteiger partial charge in [0.15, 0.2) is 6.61 Å². The first kappa shape index (κ1) is 21.6. The van der Waals surface area contributed by atoms with Crippen LogP contribution in [-0.4, -0.2) is 31.1 Å². The SMILES string of the molecule is CCOC(=O)c1c(NC(=O)COC(=O)c2cc(C)ccc2C)sc(C)c1CC. The van der Waals surface area contributed by atoms with Crippen molar-refractivity contribution in [1.29, 1.82) is 0 Å². The molecule has 1 N–H and O–H groups in total. The van der Waals surface area contributed by atoms with Crippen LogP contribution in [0, 0.1) is 20.8 Å². The summed E-state index contributed by atoms with van der Waals surface area (Å²) in [6.45, 7) is 9.06. The normalized spacial score (nSPS) is 10.5. The van der Waals surface area contributed by atoms with Gasteiger partial charge in [-0.25, -0.2) is 9.59 Å². The monoisotopic (exact) mass is 403 g/mol. The average Bonchev–Trinajstić information content (AvgIpc) is 2.96. The maximum atomic E-state index is 12.3. The Kier molecular flexibility index (Phi) is 7.34. The number of thiophene rings is 1. The predicted octanol–water partition coefficient (Wildman–Crippen LogP) is 4.21. The zero-order valence-corrected chi connectivity index (χ0v) is 17.6. The molecule has 1 aromatic carbocycles. The van der Waals surface area contributed by atoms with Crippen molar-refractivity contribution in [3.8, 4) is 0 Å². The van der Waals surface area contributed by atoms with Crippen molar-refractivity contribution < 1.29 is 23.9 Å². The Hall–Kier alpha value is -2.67. The van der Waals surface area contributed by atoms with Crippen LogP contribution in [0.5, 0.6) is 0 Å². The third-order valence-electron chi connectivity index (χ3n) is 4.24. The fourth-order valence-electron chi connectivity index (χ4n) is 2.84. The van der Waals surface area contributed by atoms with Crippen LogP contribution in [0.1, 0.15) is 56.1 Å². The Morgan fingerprint density at radius 1 is 1.04 bits per heavy atom. The lowest BCUT2D eigenvalue weighted by Crippen LogP contribution is -2.22. The summed E-state index contributed by atoms with van der Waals surface area (Å²) >= 11 is 1.31. The number of rotatable bonds is 7. The number of carbonyl (C=O) groups is 3. The average molecular weight is 404 g/mol. The molecule has 150 valence electrons. The summed E-state index contributed by atoms with van der Waals surface area (Å²) in [5, 5.41) is 3.10. The number of hydrogen-bond acceptors (Lipinski definition) is 6. The van der Waals surface area contributed by atoms with Crippen molar-refractivity contribution in [1.82, 2.24) is 0 Å². The number of hydrogen-bond donors (Lipinski definition) is 1. The molecule has 0 bridgehead atoms. The van der Waals surface area contributed by atoms with E-state index in [1.165, 1.54) is 11.3 Å². The molecule has 1 aromatic heterocycles. The van der Waals surface area contributed by atoms with Gasteiger partial charge in [0.2, 0.25) is 0 Å². The van der Waals surface area contributed by atoms with Crippen LogP contribution in [0.4, 0.5) is 5.00 Å². The molecule has 0 spiro atoms. The maximum absolute atomic E-state index is 12.3. The van der Waals surface area contributed by atoms with Crippen molar-refractivity contribution >= 4 is 34.2 Å². The van der Waals surface area contributed by atoms with Gasteiger partial charge in [0.1, 0.15) is 5.00 Å². The maximum Gasteiger partial charge on any atom is 0.341 e. The summed E-state index contributed by atoms with van der Waals surface area (Å²) in [4.78, 5) is 37.8. The zero-order chi connectivity index (χ0) is 20.8. The lowest BCUT2D eigenvalue weighted by molar-refractivity contribution is -0.119. The predicted molar refractivity (Wildman–Crippen MR) is 109 cm³/mol. The van der Waals surface area contributed by atoms with Gasteiger partial charge in [0.05, 0.1) is 17.7 Å². The second kappa shape index (κ2) is 9.50. The van der Waals surface area contributed by atoms with E-state index in [0.29, 0.717) is 22.5 Å². The molecule has 0 radical (unpaired) electrons. The standard InChI is InChI=1S/C21H25NO5S/c1-6-15-14(5)28-19(18(15)21(25)26-7-2)22-17(23)11-27-20(24)16-10-12(3)8-9-13(16)4/h8-10H,6-7,11H2,1-5H3,(H,22,23).